The molecule has 20 heavy (non-hydrogen) atoms. The van der Waals surface area contributed by atoms with E-state index in [1.807, 2.05) is 13.8 Å². The van der Waals surface area contributed by atoms with Crippen molar-refractivity contribution in [1.82, 2.24) is 5.32 Å². The lowest BCUT2D eigenvalue weighted by Crippen LogP contribution is -2.51. The summed E-state index contributed by atoms with van der Waals surface area (Å²) < 4.78 is 4.87. The summed E-state index contributed by atoms with van der Waals surface area (Å²) in [5.41, 5.74) is 2.73. The van der Waals surface area contributed by atoms with Crippen molar-refractivity contribution in [3.05, 3.63) is 35.4 Å². The van der Waals surface area contributed by atoms with Gasteiger partial charge in [-0.1, -0.05) is 43.7 Å². The molecule has 1 N–H and O–H groups in total. The molecule has 1 aliphatic carbocycles. The third-order valence-electron chi connectivity index (χ3n) is 4.19. The van der Waals surface area contributed by atoms with Crippen molar-refractivity contribution in [3.63, 3.8) is 0 Å². The Kier molecular flexibility index (Phi) is 4.81. The van der Waals surface area contributed by atoms with E-state index < -0.39 is 0 Å². The Bertz CT molecular complexity index is 464. The molecule has 1 aliphatic rings. The highest BCUT2D eigenvalue weighted by Crippen LogP contribution is 2.37. The van der Waals surface area contributed by atoms with E-state index in [2.05, 4.69) is 36.5 Å². The summed E-state index contributed by atoms with van der Waals surface area (Å²) in [5, 5.41) is 3.44. The van der Waals surface area contributed by atoms with Gasteiger partial charge >= 0.3 is 5.97 Å². The van der Waals surface area contributed by atoms with Crippen molar-refractivity contribution in [2.45, 2.75) is 51.6 Å². The van der Waals surface area contributed by atoms with E-state index in [0.717, 1.165) is 12.8 Å². The Morgan fingerprint density at radius 3 is 2.60 bits per heavy atom. The van der Waals surface area contributed by atoms with E-state index in [1.165, 1.54) is 18.2 Å². The fraction of sp³-hybridized carbons (Fsp3) is 0.588. The molecule has 0 heterocycles. The Morgan fingerprint density at radius 1 is 1.35 bits per heavy atom. The first kappa shape index (κ1) is 15.0. The van der Waals surface area contributed by atoms with Gasteiger partial charge < -0.3 is 10.1 Å². The molecule has 0 saturated heterocycles. The second-order valence-electron chi connectivity index (χ2n) is 6.19. The summed E-state index contributed by atoms with van der Waals surface area (Å²) in [5.74, 6) is 0.720. The number of aryl methyl sites for hydroxylation is 1. The van der Waals surface area contributed by atoms with Gasteiger partial charge in [0.25, 0.3) is 0 Å². The Hall–Kier alpha value is -1.35. The molecule has 1 aromatic carbocycles. The molecule has 0 bridgehead atoms. The number of hydrogen-bond acceptors (Lipinski definition) is 3. The smallest absolute Gasteiger partial charge is 0.323 e. The van der Waals surface area contributed by atoms with Gasteiger partial charge in [-0.15, -0.1) is 0 Å². The van der Waals surface area contributed by atoms with Crippen molar-refractivity contribution in [2.24, 2.45) is 5.92 Å². The number of carbonyl (C=O) groups excluding carboxylic acids is 1. The van der Waals surface area contributed by atoms with Crippen LogP contribution in [0, 0.1) is 12.8 Å². The first-order valence-electron chi connectivity index (χ1n) is 7.41. The van der Waals surface area contributed by atoms with Crippen LogP contribution in [-0.2, 0) is 9.53 Å². The zero-order valence-corrected chi connectivity index (χ0v) is 12.8. The zero-order valence-electron chi connectivity index (χ0n) is 12.8. The molecule has 1 saturated carbocycles. The molecule has 1 aromatic rings. The largest absolute Gasteiger partial charge is 0.468 e. The van der Waals surface area contributed by atoms with Crippen molar-refractivity contribution in [1.29, 1.82) is 0 Å². The Balaban J connectivity index is 1.88. The van der Waals surface area contributed by atoms with Gasteiger partial charge in [-0.25, -0.2) is 0 Å². The lowest BCUT2D eigenvalue weighted by Gasteiger charge is -2.39. The molecule has 1 atom stereocenters. The number of carbonyl (C=O) groups is 1. The molecular weight excluding hydrogens is 250 g/mol. The fourth-order valence-electron chi connectivity index (χ4n) is 2.86. The van der Waals surface area contributed by atoms with Gasteiger partial charge in [0.15, 0.2) is 0 Å². The number of benzene rings is 1. The second kappa shape index (κ2) is 6.40. The van der Waals surface area contributed by atoms with Crippen LogP contribution in [0.5, 0.6) is 0 Å². The average Bonchev–Trinajstić information content (AvgIpc) is 2.36. The number of ether oxygens (including phenoxy) is 1. The minimum absolute atomic E-state index is 0.154. The van der Waals surface area contributed by atoms with E-state index in [0.29, 0.717) is 12.0 Å². The number of hydrogen-bond donors (Lipinski definition) is 1. The van der Waals surface area contributed by atoms with Gasteiger partial charge in [0.2, 0.25) is 0 Å². The molecule has 3 heteroatoms. The van der Waals surface area contributed by atoms with Gasteiger partial charge in [-0.05, 0) is 37.2 Å². The summed E-state index contributed by atoms with van der Waals surface area (Å²) in [6, 6.07) is 8.95. The molecule has 0 radical (unpaired) electrons. The van der Waals surface area contributed by atoms with Crippen LogP contribution in [0.1, 0.15) is 43.7 Å². The number of nitrogens with one attached hydrogen (secondary N) is 1. The summed E-state index contributed by atoms with van der Waals surface area (Å²) in [7, 11) is 1.45. The molecule has 3 nitrogen and oxygen atoms in total. The van der Waals surface area contributed by atoms with Crippen LogP contribution < -0.4 is 5.32 Å². The maximum absolute atomic E-state index is 11.7. The minimum atomic E-state index is -0.191. The highest BCUT2D eigenvalue weighted by Gasteiger charge is 2.34. The Labute approximate surface area is 121 Å². The highest BCUT2D eigenvalue weighted by atomic mass is 16.5. The van der Waals surface area contributed by atoms with Crippen LogP contribution in [0.4, 0.5) is 0 Å². The number of rotatable bonds is 5. The highest BCUT2D eigenvalue weighted by molar-refractivity contribution is 5.76. The van der Waals surface area contributed by atoms with Crippen LogP contribution in [0.3, 0.4) is 0 Å². The van der Waals surface area contributed by atoms with Crippen LogP contribution in [0.25, 0.3) is 0 Å². The molecule has 0 spiro atoms. The molecule has 110 valence electrons. The van der Waals surface area contributed by atoms with Gasteiger partial charge in [0.05, 0.1) is 7.11 Å². The van der Waals surface area contributed by atoms with Crippen LogP contribution in [0.15, 0.2) is 24.3 Å². The molecule has 0 aliphatic heterocycles. The monoisotopic (exact) mass is 275 g/mol. The lowest BCUT2D eigenvalue weighted by molar-refractivity contribution is -0.144. The SMILES string of the molecule is COC(=O)C(NC1CC(c2cccc(C)c2)C1)C(C)C. The lowest BCUT2D eigenvalue weighted by atomic mass is 9.75. The molecular formula is C17H25NO2. The summed E-state index contributed by atoms with van der Waals surface area (Å²) in [4.78, 5) is 11.7. The minimum Gasteiger partial charge on any atom is -0.468 e. The van der Waals surface area contributed by atoms with Crippen molar-refractivity contribution >= 4 is 5.97 Å². The number of methoxy groups -OCH3 is 1. The maximum Gasteiger partial charge on any atom is 0.323 e. The molecule has 0 aromatic heterocycles. The molecule has 1 unspecified atom stereocenters. The summed E-state index contributed by atoms with van der Waals surface area (Å²) >= 11 is 0. The third-order valence-corrected chi connectivity index (χ3v) is 4.19. The van der Waals surface area contributed by atoms with E-state index in [4.69, 9.17) is 4.74 Å². The van der Waals surface area contributed by atoms with Crippen molar-refractivity contribution in [2.75, 3.05) is 7.11 Å². The Morgan fingerprint density at radius 2 is 2.05 bits per heavy atom. The third kappa shape index (κ3) is 3.40. The predicted molar refractivity (Wildman–Crippen MR) is 80.7 cm³/mol. The van der Waals surface area contributed by atoms with Gasteiger partial charge in [-0.2, -0.15) is 0 Å². The van der Waals surface area contributed by atoms with E-state index in [1.54, 1.807) is 0 Å². The maximum atomic E-state index is 11.7. The standard InChI is InChI=1S/C17H25NO2/c1-11(2)16(17(19)20-4)18-15-9-14(10-15)13-7-5-6-12(3)8-13/h5-8,11,14-16,18H,9-10H2,1-4H3. The zero-order chi connectivity index (χ0) is 14.7. The summed E-state index contributed by atoms with van der Waals surface area (Å²) in [6.45, 7) is 6.22. The number of esters is 1. The first-order chi connectivity index (χ1) is 9.51. The van der Waals surface area contributed by atoms with E-state index >= 15 is 0 Å². The van der Waals surface area contributed by atoms with Gasteiger partial charge in [0, 0.05) is 6.04 Å². The quantitative estimate of drug-likeness (QED) is 0.839. The van der Waals surface area contributed by atoms with Gasteiger partial charge in [-0.3, -0.25) is 4.79 Å². The van der Waals surface area contributed by atoms with Gasteiger partial charge in [0.1, 0.15) is 6.04 Å². The van der Waals surface area contributed by atoms with E-state index in [9.17, 15) is 4.79 Å². The van der Waals surface area contributed by atoms with Crippen LogP contribution in [-0.4, -0.2) is 25.2 Å². The van der Waals surface area contributed by atoms with Crippen molar-refractivity contribution < 1.29 is 9.53 Å². The van der Waals surface area contributed by atoms with Crippen molar-refractivity contribution in [3.8, 4) is 0 Å². The predicted octanol–water partition coefficient (Wildman–Crippen LogP) is 3.03. The average molecular weight is 275 g/mol. The summed E-state index contributed by atoms with van der Waals surface area (Å²) in [6.07, 6.45) is 2.20. The molecule has 1 fully saturated rings. The first-order valence-corrected chi connectivity index (χ1v) is 7.41. The molecule has 2 rings (SSSR count). The molecule has 0 amide bonds. The normalized spacial score (nSPS) is 23.2. The van der Waals surface area contributed by atoms with Crippen LogP contribution in [0.2, 0.25) is 0 Å². The fourth-order valence-corrected chi connectivity index (χ4v) is 2.86. The van der Waals surface area contributed by atoms with E-state index in [-0.39, 0.29) is 17.9 Å². The topological polar surface area (TPSA) is 38.3 Å². The van der Waals surface area contributed by atoms with Crippen LogP contribution >= 0.6 is 0 Å². The second-order valence-corrected chi connectivity index (χ2v) is 6.19.